The highest BCUT2D eigenvalue weighted by atomic mass is 19.4. The van der Waals surface area contributed by atoms with Gasteiger partial charge in [-0.25, -0.2) is 4.98 Å². The normalized spacial score (nSPS) is 11.4. The summed E-state index contributed by atoms with van der Waals surface area (Å²) in [7, 11) is 0. The van der Waals surface area contributed by atoms with Crippen LogP contribution in [-0.2, 0) is 6.18 Å². The molecule has 0 radical (unpaired) electrons. The summed E-state index contributed by atoms with van der Waals surface area (Å²) in [5.74, 6) is 0.260. The van der Waals surface area contributed by atoms with E-state index in [4.69, 9.17) is 10.5 Å². The lowest BCUT2D eigenvalue weighted by molar-refractivity contribution is -0.136. The molecule has 20 heavy (non-hydrogen) atoms. The van der Waals surface area contributed by atoms with Crippen LogP contribution in [0.5, 0.6) is 5.88 Å². The largest absolute Gasteiger partial charge is 0.477 e. The number of anilines is 1. The average Bonchev–Trinajstić information content (AvgIpc) is 2.38. The second-order valence-corrected chi connectivity index (χ2v) is 3.98. The topological polar surface area (TPSA) is 61.0 Å². The Balaban J connectivity index is 2.45. The molecule has 1 heterocycles. The first-order valence-electron chi connectivity index (χ1n) is 5.83. The number of halogens is 3. The van der Waals surface area contributed by atoms with Gasteiger partial charge in [-0.3, -0.25) is 4.98 Å². The number of hydrogen-bond donors (Lipinski definition) is 1. The molecule has 0 fully saturated rings. The molecule has 2 N–H and O–H groups in total. The van der Waals surface area contributed by atoms with E-state index in [1.807, 2.05) is 0 Å². The van der Waals surface area contributed by atoms with Gasteiger partial charge in [0.1, 0.15) is 0 Å². The lowest BCUT2D eigenvalue weighted by atomic mass is 10.1. The van der Waals surface area contributed by atoms with Gasteiger partial charge < -0.3 is 10.5 Å². The maximum atomic E-state index is 12.8. The monoisotopic (exact) mass is 283 g/mol. The molecule has 0 saturated carbocycles. The third-order valence-corrected chi connectivity index (χ3v) is 2.56. The number of rotatable bonds is 3. The first-order valence-corrected chi connectivity index (χ1v) is 5.83. The molecule has 4 nitrogen and oxygen atoms in total. The summed E-state index contributed by atoms with van der Waals surface area (Å²) in [6.45, 7) is 2.17. The minimum atomic E-state index is -4.51. The van der Waals surface area contributed by atoms with Crippen LogP contribution in [0.1, 0.15) is 12.5 Å². The fraction of sp³-hybridized carbons (Fsp3) is 0.231. The SMILES string of the molecule is CCOc1cncc(-c2ccc(N)c(C(F)(F)F)c2)n1. The maximum absolute atomic E-state index is 12.8. The molecule has 7 heteroatoms. The summed E-state index contributed by atoms with van der Waals surface area (Å²) in [5.41, 5.74) is 4.71. The van der Waals surface area contributed by atoms with Gasteiger partial charge in [0.15, 0.2) is 0 Å². The van der Waals surface area contributed by atoms with Gasteiger partial charge in [-0.1, -0.05) is 6.07 Å². The molecule has 1 aromatic carbocycles. The number of nitrogens with zero attached hydrogens (tertiary/aromatic N) is 2. The number of aromatic nitrogens is 2. The summed E-state index contributed by atoms with van der Waals surface area (Å²) >= 11 is 0. The third kappa shape index (κ3) is 2.98. The minimum Gasteiger partial charge on any atom is -0.477 e. The maximum Gasteiger partial charge on any atom is 0.418 e. The van der Waals surface area contributed by atoms with Crippen LogP contribution in [0.3, 0.4) is 0 Å². The van der Waals surface area contributed by atoms with E-state index in [-0.39, 0.29) is 17.1 Å². The van der Waals surface area contributed by atoms with Crippen LogP contribution in [0.4, 0.5) is 18.9 Å². The predicted octanol–water partition coefficient (Wildman–Crippen LogP) is 3.14. The summed E-state index contributed by atoms with van der Waals surface area (Å²) in [4.78, 5) is 7.99. The molecule has 2 aromatic rings. The Morgan fingerprint density at radius 1 is 1.25 bits per heavy atom. The van der Waals surface area contributed by atoms with Crippen LogP contribution >= 0.6 is 0 Å². The molecule has 0 bridgehead atoms. The summed E-state index contributed by atoms with van der Waals surface area (Å²) < 4.78 is 43.6. The molecule has 2 rings (SSSR count). The lowest BCUT2D eigenvalue weighted by Gasteiger charge is -2.11. The van der Waals surface area contributed by atoms with E-state index < -0.39 is 11.7 Å². The smallest absolute Gasteiger partial charge is 0.418 e. The number of alkyl halides is 3. The molecular weight excluding hydrogens is 271 g/mol. The zero-order chi connectivity index (χ0) is 14.8. The highest BCUT2D eigenvalue weighted by molar-refractivity contribution is 5.65. The average molecular weight is 283 g/mol. The Morgan fingerprint density at radius 3 is 2.65 bits per heavy atom. The Kier molecular flexibility index (Phi) is 3.78. The van der Waals surface area contributed by atoms with E-state index in [0.29, 0.717) is 12.3 Å². The number of ether oxygens (including phenoxy) is 1. The molecule has 0 atom stereocenters. The van der Waals surface area contributed by atoms with Gasteiger partial charge in [-0.2, -0.15) is 13.2 Å². The Morgan fingerprint density at radius 2 is 2.00 bits per heavy atom. The van der Waals surface area contributed by atoms with Crippen molar-refractivity contribution in [2.24, 2.45) is 0 Å². The molecule has 0 unspecified atom stereocenters. The molecular formula is C13H12F3N3O. The van der Waals surface area contributed by atoms with Crippen LogP contribution in [0.2, 0.25) is 0 Å². The Labute approximate surface area is 113 Å². The fourth-order valence-electron chi connectivity index (χ4n) is 1.67. The first-order chi connectivity index (χ1) is 9.41. The quantitative estimate of drug-likeness (QED) is 0.879. The minimum absolute atomic E-state index is 0.260. The Hall–Kier alpha value is -2.31. The summed E-state index contributed by atoms with van der Waals surface area (Å²) in [6.07, 6.45) is -1.74. The van der Waals surface area contributed by atoms with E-state index in [0.717, 1.165) is 6.07 Å². The number of hydrogen-bond acceptors (Lipinski definition) is 4. The fourth-order valence-corrected chi connectivity index (χ4v) is 1.67. The predicted molar refractivity (Wildman–Crippen MR) is 68.1 cm³/mol. The molecule has 0 spiro atoms. The number of nitrogen functional groups attached to an aromatic ring is 1. The molecule has 0 amide bonds. The van der Waals surface area contributed by atoms with Crippen LogP contribution in [0.25, 0.3) is 11.3 Å². The third-order valence-electron chi connectivity index (χ3n) is 2.56. The zero-order valence-electron chi connectivity index (χ0n) is 10.6. The highest BCUT2D eigenvalue weighted by Gasteiger charge is 2.33. The van der Waals surface area contributed by atoms with Crippen LogP contribution in [0, 0.1) is 0 Å². The first kappa shape index (κ1) is 14.1. The number of nitrogens with two attached hydrogens (primary N) is 1. The van der Waals surface area contributed by atoms with E-state index in [2.05, 4.69) is 9.97 Å². The van der Waals surface area contributed by atoms with Gasteiger partial charge in [-0.05, 0) is 19.1 Å². The van der Waals surface area contributed by atoms with Gasteiger partial charge in [-0.15, -0.1) is 0 Å². The molecule has 0 aliphatic rings. The van der Waals surface area contributed by atoms with Crippen molar-refractivity contribution in [3.8, 4) is 17.1 Å². The highest BCUT2D eigenvalue weighted by Crippen LogP contribution is 2.35. The van der Waals surface area contributed by atoms with Crippen LogP contribution < -0.4 is 10.5 Å². The molecule has 0 saturated heterocycles. The van der Waals surface area contributed by atoms with Gasteiger partial charge in [0.25, 0.3) is 0 Å². The molecule has 0 aliphatic heterocycles. The molecule has 1 aromatic heterocycles. The van der Waals surface area contributed by atoms with Crippen molar-refractivity contribution in [2.45, 2.75) is 13.1 Å². The van der Waals surface area contributed by atoms with Crippen molar-refractivity contribution in [2.75, 3.05) is 12.3 Å². The zero-order valence-corrected chi connectivity index (χ0v) is 10.6. The second kappa shape index (κ2) is 5.36. The lowest BCUT2D eigenvalue weighted by Crippen LogP contribution is -2.09. The standard InChI is InChI=1S/C13H12F3N3O/c1-2-20-12-7-18-6-11(19-12)8-3-4-10(17)9(5-8)13(14,15)16/h3-7H,2,17H2,1H3. The van der Waals surface area contributed by atoms with Crippen molar-refractivity contribution in [1.82, 2.24) is 9.97 Å². The van der Waals surface area contributed by atoms with E-state index in [9.17, 15) is 13.2 Å². The van der Waals surface area contributed by atoms with Crippen molar-refractivity contribution in [3.63, 3.8) is 0 Å². The number of benzene rings is 1. The van der Waals surface area contributed by atoms with E-state index in [1.165, 1.54) is 24.5 Å². The van der Waals surface area contributed by atoms with Gasteiger partial charge in [0.05, 0.1) is 30.3 Å². The van der Waals surface area contributed by atoms with Crippen LogP contribution in [0.15, 0.2) is 30.6 Å². The van der Waals surface area contributed by atoms with Crippen molar-refractivity contribution >= 4 is 5.69 Å². The molecule has 0 aliphatic carbocycles. The van der Waals surface area contributed by atoms with Gasteiger partial charge in [0, 0.05) is 11.3 Å². The van der Waals surface area contributed by atoms with Crippen LogP contribution in [-0.4, -0.2) is 16.6 Å². The van der Waals surface area contributed by atoms with Gasteiger partial charge >= 0.3 is 6.18 Å². The van der Waals surface area contributed by atoms with Crippen molar-refractivity contribution in [3.05, 3.63) is 36.2 Å². The van der Waals surface area contributed by atoms with E-state index in [1.54, 1.807) is 6.92 Å². The second-order valence-electron chi connectivity index (χ2n) is 3.98. The summed E-state index contributed by atoms with van der Waals surface area (Å²) in [5, 5.41) is 0. The van der Waals surface area contributed by atoms with E-state index >= 15 is 0 Å². The Bertz CT molecular complexity index is 614. The van der Waals surface area contributed by atoms with Crippen molar-refractivity contribution < 1.29 is 17.9 Å². The van der Waals surface area contributed by atoms with Crippen molar-refractivity contribution in [1.29, 1.82) is 0 Å². The van der Waals surface area contributed by atoms with Gasteiger partial charge in [0.2, 0.25) is 5.88 Å². The summed E-state index contributed by atoms with van der Waals surface area (Å²) in [6, 6.07) is 3.62. The molecule has 106 valence electrons.